The molecule has 1 aromatic carbocycles. The Labute approximate surface area is 134 Å². The quantitative estimate of drug-likeness (QED) is 0.753. The lowest BCUT2D eigenvalue weighted by Gasteiger charge is -2.20. The molecule has 1 amide bonds. The Kier molecular flexibility index (Phi) is 7.39. The summed E-state index contributed by atoms with van der Waals surface area (Å²) >= 11 is 0. The van der Waals surface area contributed by atoms with Gasteiger partial charge in [0.15, 0.2) is 0 Å². The maximum absolute atomic E-state index is 11.7. The lowest BCUT2D eigenvalue weighted by Crippen LogP contribution is -2.32. The van der Waals surface area contributed by atoms with Crippen LogP contribution in [0.2, 0.25) is 0 Å². The third-order valence-electron chi connectivity index (χ3n) is 3.36. The molecule has 124 valence electrons. The first-order chi connectivity index (χ1) is 10.3. The van der Waals surface area contributed by atoms with Crippen LogP contribution in [0.25, 0.3) is 0 Å². The summed E-state index contributed by atoms with van der Waals surface area (Å²) in [4.78, 5) is 11.7. The van der Waals surface area contributed by atoms with E-state index >= 15 is 0 Å². The molecule has 0 spiro atoms. The van der Waals surface area contributed by atoms with Crippen LogP contribution in [-0.2, 0) is 11.3 Å². The van der Waals surface area contributed by atoms with Crippen molar-refractivity contribution < 1.29 is 9.53 Å². The predicted octanol–water partition coefficient (Wildman–Crippen LogP) is 3.81. The Balaban J connectivity index is 2.51. The van der Waals surface area contributed by atoms with E-state index in [1.807, 2.05) is 32.9 Å². The van der Waals surface area contributed by atoms with Crippen molar-refractivity contribution in [2.24, 2.45) is 0 Å². The van der Waals surface area contributed by atoms with Gasteiger partial charge in [-0.3, -0.25) is 0 Å². The van der Waals surface area contributed by atoms with Crippen molar-refractivity contribution in [1.29, 1.82) is 0 Å². The molecule has 0 aliphatic carbocycles. The van der Waals surface area contributed by atoms with Gasteiger partial charge in [-0.25, -0.2) is 4.79 Å². The maximum Gasteiger partial charge on any atom is 0.407 e. The molecular weight excluding hydrogens is 276 g/mol. The van der Waals surface area contributed by atoms with Crippen molar-refractivity contribution in [1.82, 2.24) is 10.6 Å². The highest BCUT2D eigenvalue weighted by Gasteiger charge is 2.15. The minimum Gasteiger partial charge on any atom is -0.444 e. The molecule has 0 heterocycles. The molecule has 1 aromatic rings. The van der Waals surface area contributed by atoms with E-state index in [-0.39, 0.29) is 6.09 Å². The highest BCUT2D eigenvalue weighted by Crippen LogP contribution is 2.19. The lowest BCUT2D eigenvalue weighted by molar-refractivity contribution is 0.0523. The van der Waals surface area contributed by atoms with Gasteiger partial charge in [-0.05, 0) is 57.3 Å². The Morgan fingerprint density at radius 3 is 2.68 bits per heavy atom. The number of carbonyl (C=O) groups is 1. The molecule has 2 N–H and O–H groups in total. The monoisotopic (exact) mass is 306 g/mol. The first kappa shape index (κ1) is 18.5. The van der Waals surface area contributed by atoms with Gasteiger partial charge in [0.25, 0.3) is 0 Å². The standard InChI is InChI=1S/C18H30N2O2/c1-6-19-11-10-14(2)16-9-7-8-15(12-16)13-20-17(21)22-18(3,4)5/h7-9,12,14,19H,6,10-11,13H2,1-5H3,(H,20,21). The first-order valence-corrected chi connectivity index (χ1v) is 8.08. The second kappa shape index (κ2) is 8.79. The summed E-state index contributed by atoms with van der Waals surface area (Å²) in [6.45, 7) is 12.5. The van der Waals surface area contributed by atoms with Gasteiger partial charge in [-0.1, -0.05) is 38.1 Å². The van der Waals surface area contributed by atoms with E-state index in [0.29, 0.717) is 12.5 Å². The fourth-order valence-electron chi connectivity index (χ4n) is 2.16. The highest BCUT2D eigenvalue weighted by atomic mass is 16.6. The van der Waals surface area contributed by atoms with Crippen molar-refractivity contribution in [2.45, 2.75) is 59.1 Å². The van der Waals surface area contributed by atoms with Crippen LogP contribution in [0.3, 0.4) is 0 Å². The van der Waals surface area contributed by atoms with Gasteiger partial charge in [0.2, 0.25) is 0 Å². The largest absolute Gasteiger partial charge is 0.444 e. The Hall–Kier alpha value is -1.55. The summed E-state index contributed by atoms with van der Waals surface area (Å²) in [7, 11) is 0. The fourth-order valence-corrected chi connectivity index (χ4v) is 2.16. The summed E-state index contributed by atoms with van der Waals surface area (Å²) in [5.74, 6) is 0.500. The van der Waals surface area contributed by atoms with Gasteiger partial charge in [0.05, 0.1) is 0 Å². The fraction of sp³-hybridized carbons (Fsp3) is 0.611. The average molecular weight is 306 g/mol. The second-order valence-electron chi connectivity index (χ2n) is 6.64. The van der Waals surface area contributed by atoms with Crippen molar-refractivity contribution in [3.8, 4) is 0 Å². The van der Waals surface area contributed by atoms with E-state index in [4.69, 9.17) is 4.74 Å². The van der Waals surface area contributed by atoms with Crippen LogP contribution in [0.1, 0.15) is 58.1 Å². The van der Waals surface area contributed by atoms with Gasteiger partial charge >= 0.3 is 6.09 Å². The van der Waals surface area contributed by atoms with Gasteiger partial charge in [0.1, 0.15) is 5.60 Å². The van der Waals surface area contributed by atoms with Crippen LogP contribution in [0.4, 0.5) is 4.79 Å². The molecule has 0 aliphatic heterocycles. The molecular formula is C18H30N2O2. The van der Waals surface area contributed by atoms with E-state index in [9.17, 15) is 4.79 Å². The Bertz CT molecular complexity index is 466. The van der Waals surface area contributed by atoms with Gasteiger partial charge in [-0.2, -0.15) is 0 Å². The number of alkyl carbamates (subject to hydrolysis) is 1. The molecule has 0 bridgehead atoms. The summed E-state index contributed by atoms with van der Waals surface area (Å²) in [5, 5.41) is 6.15. The molecule has 0 radical (unpaired) electrons. The normalized spacial score (nSPS) is 12.8. The minimum atomic E-state index is -0.466. The van der Waals surface area contributed by atoms with Gasteiger partial charge in [0, 0.05) is 6.54 Å². The molecule has 0 aliphatic rings. The number of hydrogen-bond acceptors (Lipinski definition) is 3. The first-order valence-electron chi connectivity index (χ1n) is 8.08. The topological polar surface area (TPSA) is 50.4 Å². The molecule has 1 atom stereocenters. The zero-order valence-electron chi connectivity index (χ0n) is 14.5. The number of hydrogen-bond donors (Lipinski definition) is 2. The maximum atomic E-state index is 11.7. The number of carbonyl (C=O) groups excluding carboxylic acids is 1. The van der Waals surface area contributed by atoms with Crippen LogP contribution >= 0.6 is 0 Å². The molecule has 22 heavy (non-hydrogen) atoms. The van der Waals surface area contributed by atoms with E-state index in [1.54, 1.807) is 0 Å². The highest BCUT2D eigenvalue weighted by molar-refractivity contribution is 5.67. The molecule has 1 unspecified atom stereocenters. The van der Waals surface area contributed by atoms with Crippen LogP contribution in [0.15, 0.2) is 24.3 Å². The van der Waals surface area contributed by atoms with Crippen molar-refractivity contribution in [3.05, 3.63) is 35.4 Å². The molecule has 0 saturated heterocycles. The van der Waals surface area contributed by atoms with Crippen molar-refractivity contribution in [3.63, 3.8) is 0 Å². The van der Waals surface area contributed by atoms with E-state index in [1.165, 1.54) is 5.56 Å². The smallest absolute Gasteiger partial charge is 0.407 e. The molecule has 0 fully saturated rings. The Morgan fingerprint density at radius 2 is 2.05 bits per heavy atom. The molecule has 4 heteroatoms. The second-order valence-corrected chi connectivity index (χ2v) is 6.64. The van der Waals surface area contributed by atoms with Crippen LogP contribution in [0.5, 0.6) is 0 Å². The van der Waals surface area contributed by atoms with E-state index in [2.05, 4.69) is 36.6 Å². The molecule has 0 saturated carbocycles. The van der Waals surface area contributed by atoms with E-state index < -0.39 is 5.60 Å². The molecule has 1 rings (SSSR count). The predicted molar refractivity (Wildman–Crippen MR) is 91.1 cm³/mol. The zero-order valence-corrected chi connectivity index (χ0v) is 14.5. The van der Waals surface area contributed by atoms with Crippen molar-refractivity contribution in [2.75, 3.05) is 13.1 Å². The molecule has 4 nitrogen and oxygen atoms in total. The van der Waals surface area contributed by atoms with Crippen LogP contribution in [-0.4, -0.2) is 24.8 Å². The van der Waals surface area contributed by atoms with E-state index in [0.717, 1.165) is 25.1 Å². The average Bonchev–Trinajstić information content (AvgIpc) is 2.44. The molecule has 0 aromatic heterocycles. The number of ether oxygens (including phenoxy) is 1. The number of nitrogens with one attached hydrogen (secondary N) is 2. The lowest BCUT2D eigenvalue weighted by atomic mass is 9.96. The summed E-state index contributed by atoms with van der Waals surface area (Å²) in [6, 6.07) is 8.38. The van der Waals surface area contributed by atoms with Gasteiger partial charge < -0.3 is 15.4 Å². The van der Waals surface area contributed by atoms with Crippen LogP contribution < -0.4 is 10.6 Å². The van der Waals surface area contributed by atoms with Gasteiger partial charge in [-0.15, -0.1) is 0 Å². The minimum absolute atomic E-state index is 0.377. The summed E-state index contributed by atoms with van der Waals surface area (Å²) in [6.07, 6.45) is 0.731. The summed E-state index contributed by atoms with van der Waals surface area (Å²) < 4.78 is 5.24. The third-order valence-corrected chi connectivity index (χ3v) is 3.36. The number of benzene rings is 1. The van der Waals surface area contributed by atoms with Crippen LogP contribution in [0, 0.1) is 0 Å². The SMILES string of the molecule is CCNCCC(C)c1cccc(CNC(=O)OC(C)(C)C)c1. The zero-order chi connectivity index (χ0) is 16.6. The summed E-state index contributed by atoms with van der Waals surface area (Å²) in [5.41, 5.74) is 1.94. The number of rotatable bonds is 7. The number of amides is 1. The van der Waals surface area contributed by atoms with Crippen molar-refractivity contribution >= 4 is 6.09 Å². The third kappa shape index (κ3) is 7.46. The Morgan fingerprint density at radius 1 is 1.32 bits per heavy atom.